The van der Waals surface area contributed by atoms with Crippen molar-refractivity contribution in [3.05, 3.63) is 151 Å². The highest BCUT2D eigenvalue weighted by Gasteiger charge is 2.19. The smallest absolute Gasteiger partial charge is 0.206 e. The molecule has 0 heterocycles. The quantitative estimate of drug-likeness (QED) is 0.181. The minimum absolute atomic E-state index is 0.135. The predicted molar refractivity (Wildman–Crippen MR) is 174 cm³/mol. The van der Waals surface area contributed by atoms with Crippen LogP contribution in [-0.2, 0) is 19.7 Å². The number of phenolic OH excluding ortho intramolecular Hbond substituents is 1. The lowest BCUT2D eigenvalue weighted by atomic mass is 10.1. The summed E-state index contributed by atoms with van der Waals surface area (Å²) in [6.45, 7) is 1.90. The molecule has 1 N–H and O–H groups in total. The highest BCUT2D eigenvalue weighted by Crippen LogP contribution is 2.30. The van der Waals surface area contributed by atoms with Gasteiger partial charge in [0, 0.05) is 0 Å². The van der Waals surface area contributed by atoms with Crippen LogP contribution in [0.2, 0.25) is 0 Å². The highest BCUT2D eigenvalue weighted by atomic mass is 32.2. The van der Waals surface area contributed by atoms with Gasteiger partial charge in [0.15, 0.2) is 0 Å². The minimum atomic E-state index is -3.78. The van der Waals surface area contributed by atoms with Gasteiger partial charge in [0.1, 0.15) is 17.2 Å². The molecule has 0 radical (unpaired) electrons. The molecular weight excluding hydrogens is 605 g/mol. The SMILES string of the molecule is Cc1ccc(S(=O)(=O)c2ccc(-c3ccc(S(=O)(=O)c4ccc(Oc5ccc(-c6ccc(O)cc6)cc5)cc4)cc3)cc2)cc1. The van der Waals surface area contributed by atoms with E-state index in [4.69, 9.17) is 4.74 Å². The van der Waals surface area contributed by atoms with E-state index in [9.17, 15) is 21.9 Å². The average Bonchev–Trinajstić information content (AvgIpc) is 3.06. The zero-order valence-electron chi connectivity index (χ0n) is 24.2. The summed E-state index contributed by atoms with van der Waals surface area (Å²) < 4.78 is 58.5. The maximum Gasteiger partial charge on any atom is 0.206 e. The maximum absolute atomic E-state index is 13.3. The third-order valence-electron chi connectivity index (χ3n) is 7.42. The Kier molecular flexibility index (Phi) is 8.01. The first-order valence-electron chi connectivity index (χ1n) is 14.0. The molecule has 0 amide bonds. The molecule has 6 aromatic carbocycles. The Morgan fingerprint density at radius 2 is 0.667 bits per heavy atom. The largest absolute Gasteiger partial charge is 0.508 e. The van der Waals surface area contributed by atoms with Gasteiger partial charge in [-0.3, -0.25) is 0 Å². The van der Waals surface area contributed by atoms with E-state index in [2.05, 4.69) is 0 Å². The minimum Gasteiger partial charge on any atom is -0.508 e. The van der Waals surface area contributed by atoms with E-state index in [1.54, 1.807) is 97.1 Å². The van der Waals surface area contributed by atoms with Crippen LogP contribution in [0.4, 0.5) is 0 Å². The third-order valence-corrected chi connectivity index (χ3v) is 11.0. The molecule has 0 unspecified atom stereocenters. The van der Waals surface area contributed by atoms with Crippen molar-refractivity contribution < 1.29 is 26.7 Å². The Labute approximate surface area is 262 Å². The number of rotatable bonds is 8. The van der Waals surface area contributed by atoms with Crippen LogP contribution in [0.15, 0.2) is 165 Å². The summed E-state index contributed by atoms with van der Waals surface area (Å²) in [6, 6.07) is 40.4. The summed E-state index contributed by atoms with van der Waals surface area (Å²) in [5.41, 5.74) is 4.43. The van der Waals surface area contributed by atoms with Gasteiger partial charge >= 0.3 is 0 Å². The van der Waals surface area contributed by atoms with E-state index in [0.717, 1.165) is 27.8 Å². The van der Waals surface area contributed by atoms with Crippen molar-refractivity contribution in [2.24, 2.45) is 0 Å². The number of aryl methyl sites for hydroxylation is 1. The Morgan fingerprint density at radius 3 is 1.04 bits per heavy atom. The van der Waals surface area contributed by atoms with Crippen LogP contribution >= 0.6 is 0 Å². The molecule has 0 atom stereocenters. The number of phenols is 1. The second-order valence-corrected chi connectivity index (χ2v) is 14.4. The zero-order valence-corrected chi connectivity index (χ0v) is 25.8. The molecule has 224 valence electrons. The molecule has 6 nitrogen and oxygen atoms in total. The Hall–Kier alpha value is -5.18. The van der Waals surface area contributed by atoms with Crippen LogP contribution in [0.3, 0.4) is 0 Å². The van der Waals surface area contributed by atoms with Crippen molar-refractivity contribution in [2.75, 3.05) is 0 Å². The normalized spacial score (nSPS) is 11.7. The molecule has 0 aliphatic rings. The van der Waals surface area contributed by atoms with Gasteiger partial charge < -0.3 is 9.84 Å². The second kappa shape index (κ2) is 12.1. The molecule has 8 heteroatoms. The van der Waals surface area contributed by atoms with Crippen molar-refractivity contribution in [1.29, 1.82) is 0 Å². The van der Waals surface area contributed by atoms with Gasteiger partial charge in [0.25, 0.3) is 0 Å². The average molecular weight is 633 g/mol. The summed E-state index contributed by atoms with van der Waals surface area (Å²) in [5.74, 6) is 1.30. The fraction of sp³-hybridized carbons (Fsp3) is 0.0270. The highest BCUT2D eigenvalue weighted by molar-refractivity contribution is 7.91. The van der Waals surface area contributed by atoms with Gasteiger partial charge in [-0.2, -0.15) is 0 Å². The number of sulfone groups is 2. The summed E-state index contributed by atoms with van der Waals surface area (Å²) in [6.07, 6.45) is 0. The van der Waals surface area contributed by atoms with Gasteiger partial charge in [0.05, 0.1) is 19.6 Å². The number of ether oxygens (including phenoxy) is 1. The van der Waals surface area contributed by atoms with Crippen LogP contribution < -0.4 is 4.74 Å². The molecule has 0 aliphatic heterocycles. The third kappa shape index (κ3) is 6.38. The van der Waals surface area contributed by atoms with Gasteiger partial charge in [-0.1, -0.05) is 66.2 Å². The van der Waals surface area contributed by atoms with Gasteiger partial charge in [0.2, 0.25) is 19.7 Å². The van der Waals surface area contributed by atoms with E-state index >= 15 is 0 Å². The summed E-state index contributed by atoms with van der Waals surface area (Å²) in [7, 11) is -7.42. The number of hydrogen-bond donors (Lipinski definition) is 1. The number of aromatic hydroxyl groups is 1. The first kappa shape index (κ1) is 29.9. The van der Waals surface area contributed by atoms with E-state index < -0.39 is 19.7 Å². The van der Waals surface area contributed by atoms with Crippen LogP contribution in [-0.4, -0.2) is 21.9 Å². The molecule has 0 bridgehead atoms. The van der Waals surface area contributed by atoms with Crippen molar-refractivity contribution in [2.45, 2.75) is 26.5 Å². The molecule has 0 fully saturated rings. The Bertz CT molecular complexity index is 2150. The number of hydrogen-bond acceptors (Lipinski definition) is 6. The van der Waals surface area contributed by atoms with Crippen LogP contribution in [0.1, 0.15) is 5.56 Å². The summed E-state index contributed by atoms with van der Waals surface area (Å²) >= 11 is 0. The molecule has 0 aromatic heterocycles. The van der Waals surface area contributed by atoms with Gasteiger partial charge in [-0.05, 0) is 114 Å². The lowest BCUT2D eigenvalue weighted by molar-refractivity contribution is 0.475. The van der Waals surface area contributed by atoms with Crippen molar-refractivity contribution in [1.82, 2.24) is 0 Å². The maximum atomic E-state index is 13.3. The van der Waals surface area contributed by atoms with Gasteiger partial charge in [-0.25, -0.2) is 16.8 Å². The van der Waals surface area contributed by atoms with E-state index in [-0.39, 0.29) is 25.3 Å². The van der Waals surface area contributed by atoms with Crippen molar-refractivity contribution in [3.63, 3.8) is 0 Å². The standard InChI is InChI=1S/C37H28O6S2/c1-26-2-18-34(19-3-26)44(39,40)35-20-8-29(9-21-35)30-10-22-36(23-11-30)45(41,42)37-24-16-33(17-25-37)43-32-14-6-28(7-15-32)27-4-12-31(38)13-5-27/h2-25,38H,1H3. The van der Waals surface area contributed by atoms with Gasteiger partial charge in [-0.15, -0.1) is 0 Å². The first-order chi connectivity index (χ1) is 21.6. The zero-order chi connectivity index (χ0) is 31.6. The molecular formula is C37H28O6S2. The van der Waals surface area contributed by atoms with Crippen molar-refractivity contribution >= 4 is 19.7 Å². The van der Waals surface area contributed by atoms with E-state index in [1.807, 2.05) is 43.3 Å². The number of benzene rings is 6. The second-order valence-electron chi connectivity index (χ2n) is 10.5. The molecule has 0 spiro atoms. The first-order valence-corrected chi connectivity index (χ1v) is 17.0. The molecule has 0 aliphatic carbocycles. The van der Waals surface area contributed by atoms with E-state index in [0.29, 0.717) is 11.5 Å². The topological polar surface area (TPSA) is 97.7 Å². The Morgan fingerprint density at radius 1 is 0.400 bits per heavy atom. The van der Waals surface area contributed by atoms with Crippen molar-refractivity contribution in [3.8, 4) is 39.5 Å². The molecule has 0 saturated heterocycles. The predicted octanol–water partition coefficient (Wildman–Crippen LogP) is 8.49. The van der Waals surface area contributed by atoms with Crippen LogP contribution in [0, 0.1) is 6.92 Å². The van der Waals surface area contributed by atoms with Crippen LogP contribution in [0.5, 0.6) is 17.2 Å². The molecule has 6 aromatic rings. The Balaban J connectivity index is 1.13. The van der Waals surface area contributed by atoms with Crippen LogP contribution in [0.25, 0.3) is 22.3 Å². The lowest BCUT2D eigenvalue weighted by Gasteiger charge is -2.10. The fourth-order valence-electron chi connectivity index (χ4n) is 4.83. The summed E-state index contributed by atoms with van der Waals surface area (Å²) in [5, 5.41) is 9.49. The fourth-order valence-corrected chi connectivity index (χ4v) is 7.36. The lowest BCUT2D eigenvalue weighted by Crippen LogP contribution is -2.02. The monoisotopic (exact) mass is 632 g/mol. The molecule has 0 saturated carbocycles. The summed E-state index contributed by atoms with van der Waals surface area (Å²) in [4.78, 5) is 0.697. The van der Waals surface area contributed by atoms with E-state index in [1.165, 1.54) is 12.1 Å². The molecule has 6 rings (SSSR count). The molecule has 45 heavy (non-hydrogen) atoms.